The third-order valence-corrected chi connectivity index (χ3v) is 4.19. The first-order chi connectivity index (χ1) is 13.5. The highest BCUT2D eigenvalue weighted by molar-refractivity contribution is 5.94. The predicted octanol–water partition coefficient (Wildman–Crippen LogP) is 2.13. The van der Waals surface area contributed by atoms with Gasteiger partial charge in [-0.25, -0.2) is 15.0 Å². The van der Waals surface area contributed by atoms with Crippen LogP contribution in [-0.2, 0) is 0 Å². The zero-order valence-electron chi connectivity index (χ0n) is 16.1. The second kappa shape index (κ2) is 8.64. The highest BCUT2D eigenvalue weighted by Gasteiger charge is 2.17. The van der Waals surface area contributed by atoms with Crippen LogP contribution in [0.3, 0.4) is 0 Å². The fraction of sp³-hybridized carbons (Fsp3) is 0.250. The third kappa shape index (κ3) is 4.54. The summed E-state index contributed by atoms with van der Waals surface area (Å²) in [5.74, 6) is 0.176. The molecule has 146 valence electrons. The van der Waals surface area contributed by atoms with Crippen molar-refractivity contribution in [2.75, 3.05) is 26.1 Å². The topological polar surface area (TPSA) is 106 Å². The molecule has 3 rings (SSSR count). The van der Waals surface area contributed by atoms with Crippen molar-refractivity contribution >= 4 is 11.9 Å². The summed E-state index contributed by atoms with van der Waals surface area (Å²) in [5.41, 5.74) is 6.67. The summed E-state index contributed by atoms with van der Waals surface area (Å²) in [6, 6.07) is 10.6. The Labute approximate surface area is 163 Å². The molecule has 0 aliphatic heterocycles. The van der Waals surface area contributed by atoms with E-state index in [9.17, 15) is 9.90 Å². The number of nitrogens with one attached hydrogen (secondary N) is 3. The van der Waals surface area contributed by atoms with E-state index in [1.807, 2.05) is 51.4 Å². The molecule has 0 aliphatic rings. The fourth-order valence-electron chi connectivity index (χ4n) is 2.81. The minimum atomic E-state index is -0.475. The lowest BCUT2D eigenvalue weighted by Gasteiger charge is -2.16. The third-order valence-electron chi connectivity index (χ3n) is 4.19. The number of rotatable bonds is 7. The summed E-state index contributed by atoms with van der Waals surface area (Å²) in [4.78, 5) is 24.4. The van der Waals surface area contributed by atoms with Gasteiger partial charge in [0.2, 0.25) is 5.95 Å². The molecule has 28 heavy (non-hydrogen) atoms. The number of nitrogens with zero attached hydrogens (tertiary/aromatic N) is 3. The van der Waals surface area contributed by atoms with Crippen molar-refractivity contribution in [3.05, 3.63) is 65.6 Å². The van der Waals surface area contributed by atoms with Gasteiger partial charge in [0, 0.05) is 32.1 Å². The Kier molecular flexibility index (Phi) is 6.03. The normalized spacial score (nSPS) is 12.0. The smallest absolute Gasteiger partial charge is 0.268 e. The van der Waals surface area contributed by atoms with Crippen LogP contribution >= 0.6 is 0 Å². The maximum absolute atomic E-state index is 12.6. The van der Waals surface area contributed by atoms with Crippen molar-refractivity contribution in [3.63, 3.8) is 0 Å². The van der Waals surface area contributed by atoms with Gasteiger partial charge >= 0.3 is 0 Å². The number of aryl methyl sites for hydroxylation is 1. The van der Waals surface area contributed by atoms with Gasteiger partial charge < -0.3 is 15.4 Å². The summed E-state index contributed by atoms with van der Waals surface area (Å²) in [7, 11) is 3.71. The summed E-state index contributed by atoms with van der Waals surface area (Å²) in [6.07, 6.45) is 3.47. The molecule has 8 heteroatoms. The zero-order valence-corrected chi connectivity index (χ0v) is 16.1. The lowest BCUT2D eigenvalue weighted by atomic mass is 10.1. The highest BCUT2D eigenvalue weighted by atomic mass is 16.3. The number of aromatic nitrogens is 3. The van der Waals surface area contributed by atoms with Crippen molar-refractivity contribution in [1.82, 2.24) is 25.3 Å². The van der Waals surface area contributed by atoms with Gasteiger partial charge in [-0.05, 0) is 24.1 Å². The number of aliphatic hydroxyl groups excluding tert-OH is 1. The summed E-state index contributed by atoms with van der Waals surface area (Å²) < 4.78 is 0. The summed E-state index contributed by atoms with van der Waals surface area (Å²) in [6.45, 7) is 1.73. The molecule has 1 aromatic carbocycles. The molecule has 0 saturated heterocycles. The molecule has 4 N–H and O–H groups in total. The van der Waals surface area contributed by atoms with Crippen LogP contribution in [0.25, 0.3) is 11.3 Å². The molecule has 8 nitrogen and oxygen atoms in total. The Bertz CT molecular complexity index is 939. The van der Waals surface area contributed by atoms with E-state index in [2.05, 4.69) is 25.7 Å². The van der Waals surface area contributed by atoms with E-state index < -0.39 is 6.04 Å². The lowest BCUT2D eigenvalue weighted by Crippen LogP contribution is -2.30. The van der Waals surface area contributed by atoms with E-state index in [4.69, 9.17) is 0 Å². The van der Waals surface area contributed by atoms with Crippen LogP contribution in [0.2, 0.25) is 0 Å². The number of hydrogen-bond donors (Lipinski definition) is 4. The van der Waals surface area contributed by atoms with Crippen molar-refractivity contribution in [1.29, 1.82) is 0 Å². The molecule has 0 aliphatic carbocycles. The Morgan fingerprint density at radius 2 is 2.04 bits per heavy atom. The van der Waals surface area contributed by atoms with E-state index >= 15 is 0 Å². The molecule has 2 aromatic heterocycles. The standard InChI is InChI=1S/C20H24N6O2/c1-13-10-22-20(25-26(2)3)24-18(13)15-9-16(21-11-15)19(28)23-17(12-27)14-7-5-4-6-8-14/h4-11,17,21,27H,12H2,1-3H3,(H,23,28)(H,22,24,25). The molecule has 1 unspecified atom stereocenters. The van der Waals surface area contributed by atoms with E-state index in [0.717, 1.165) is 22.4 Å². The Morgan fingerprint density at radius 1 is 1.29 bits per heavy atom. The number of anilines is 1. The second-order valence-electron chi connectivity index (χ2n) is 6.65. The fourth-order valence-corrected chi connectivity index (χ4v) is 2.81. The van der Waals surface area contributed by atoms with E-state index in [1.165, 1.54) is 0 Å². The van der Waals surface area contributed by atoms with Crippen molar-refractivity contribution in [3.8, 4) is 11.3 Å². The summed E-state index contributed by atoms with van der Waals surface area (Å²) >= 11 is 0. The lowest BCUT2D eigenvalue weighted by molar-refractivity contribution is 0.0912. The van der Waals surface area contributed by atoms with E-state index in [-0.39, 0.29) is 12.5 Å². The molecule has 0 spiro atoms. The monoisotopic (exact) mass is 380 g/mol. The first-order valence-electron chi connectivity index (χ1n) is 8.91. The average molecular weight is 380 g/mol. The van der Waals surface area contributed by atoms with Crippen LogP contribution < -0.4 is 10.7 Å². The van der Waals surface area contributed by atoms with Crippen molar-refractivity contribution in [2.45, 2.75) is 13.0 Å². The van der Waals surface area contributed by atoms with Crippen molar-refractivity contribution < 1.29 is 9.90 Å². The molecule has 2 heterocycles. The van der Waals surface area contributed by atoms with E-state index in [0.29, 0.717) is 11.6 Å². The number of benzene rings is 1. The molecule has 3 aromatic rings. The van der Waals surface area contributed by atoms with Gasteiger partial charge in [-0.15, -0.1) is 0 Å². The Balaban J connectivity index is 1.79. The summed E-state index contributed by atoms with van der Waals surface area (Å²) in [5, 5.41) is 14.2. The number of amides is 1. The molecule has 0 fully saturated rings. The molecule has 0 radical (unpaired) electrons. The number of aliphatic hydroxyl groups is 1. The van der Waals surface area contributed by atoms with Crippen molar-refractivity contribution in [2.24, 2.45) is 0 Å². The first kappa shape index (κ1) is 19.5. The van der Waals surface area contributed by atoms with Gasteiger partial charge in [0.15, 0.2) is 0 Å². The number of hydrazine groups is 1. The van der Waals surface area contributed by atoms with Crippen LogP contribution in [0.5, 0.6) is 0 Å². The van der Waals surface area contributed by atoms with Crippen LogP contribution in [0, 0.1) is 6.92 Å². The maximum Gasteiger partial charge on any atom is 0.268 e. The van der Waals surface area contributed by atoms with Crippen LogP contribution in [0.4, 0.5) is 5.95 Å². The largest absolute Gasteiger partial charge is 0.394 e. The maximum atomic E-state index is 12.6. The first-order valence-corrected chi connectivity index (χ1v) is 8.91. The average Bonchev–Trinajstić information content (AvgIpc) is 3.18. The quantitative estimate of drug-likeness (QED) is 0.468. The van der Waals surface area contributed by atoms with Gasteiger partial charge in [-0.1, -0.05) is 30.3 Å². The molecule has 1 amide bonds. The van der Waals surface area contributed by atoms with Crippen LogP contribution in [-0.4, -0.2) is 51.7 Å². The van der Waals surface area contributed by atoms with Gasteiger partial charge in [-0.2, -0.15) is 0 Å². The Morgan fingerprint density at radius 3 is 2.71 bits per heavy atom. The van der Waals surface area contributed by atoms with E-state index in [1.54, 1.807) is 23.5 Å². The van der Waals surface area contributed by atoms with Gasteiger partial charge in [0.05, 0.1) is 18.3 Å². The minimum Gasteiger partial charge on any atom is -0.394 e. The van der Waals surface area contributed by atoms with Crippen LogP contribution in [0.15, 0.2) is 48.8 Å². The number of carbonyl (C=O) groups is 1. The highest BCUT2D eigenvalue weighted by Crippen LogP contribution is 2.23. The van der Waals surface area contributed by atoms with Gasteiger partial charge in [-0.3, -0.25) is 10.2 Å². The minimum absolute atomic E-state index is 0.187. The van der Waals surface area contributed by atoms with Crippen LogP contribution in [0.1, 0.15) is 27.7 Å². The number of carbonyl (C=O) groups excluding carboxylic acids is 1. The van der Waals surface area contributed by atoms with Gasteiger partial charge in [0.25, 0.3) is 5.91 Å². The SMILES string of the molecule is Cc1cnc(NN(C)C)nc1-c1c[nH]c(C(=O)NC(CO)c2ccccc2)c1. The number of aromatic amines is 1. The molecule has 1 atom stereocenters. The zero-order chi connectivity index (χ0) is 20.1. The van der Waals surface area contributed by atoms with Gasteiger partial charge in [0.1, 0.15) is 5.69 Å². The molecule has 0 saturated carbocycles. The number of hydrogen-bond acceptors (Lipinski definition) is 6. The molecular formula is C20H24N6O2. The second-order valence-corrected chi connectivity index (χ2v) is 6.65. The predicted molar refractivity (Wildman–Crippen MR) is 108 cm³/mol. The molecule has 0 bridgehead atoms. The molecular weight excluding hydrogens is 356 g/mol. The Hall–Kier alpha value is -3.23. The number of H-pyrrole nitrogens is 1.